The van der Waals surface area contributed by atoms with Gasteiger partial charge < -0.3 is 10.2 Å². The number of hydrogen-bond acceptors (Lipinski definition) is 3. The molecule has 4 nitrogen and oxygen atoms in total. The highest BCUT2D eigenvalue weighted by Crippen LogP contribution is 2.29. The first-order valence-electron chi connectivity index (χ1n) is 8.12. The number of likely N-dealkylation sites (N-methyl/N-ethyl adjacent to an activating group) is 1. The van der Waals surface area contributed by atoms with Gasteiger partial charge in [-0.2, -0.15) is 0 Å². The van der Waals surface area contributed by atoms with Gasteiger partial charge in [-0.05, 0) is 37.6 Å². The molecule has 120 valence electrons. The van der Waals surface area contributed by atoms with Gasteiger partial charge in [0.1, 0.15) is 0 Å². The maximum Gasteiger partial charge on any atom is 0.227 e. The Hall–Kier alpha value is -0.910. The van der Waals surface area contributed by atoms with Crippen LogP contribution in [0.3, 0.4) is 0 Å². The molecule has 22 heavy (non-hydrogen) atoms. The molecule has 0 unspecified atom stereocenters. The summed E-state index contributed by atoms with van der Waals surface area (Å²) in [5.41, 5.74) is 2.18. The van der Waals surface area contributed by atoms with Crippen molar-refractivity contribution >= 4 is 27.5 Å². The van der Waals surface area contributed by atoms with E-state index in [0.717, 1.165) is 55.7 Å². The summed E-state index contributed by atoms with van der Waals surface area (Å²) < 4.78 is 1.08. The number of hydrogen-bond donors (Lipinski definition) is 1. The van der Waals surface area contributed by atoms with Crippen molar-refractivity contribution in [1.29, 1.82) is 0 Å². The van der Waals surface area contributed by atoms with Crippen LogP contribution in [0.15, 0.2) is 22.7 Å². The van der Waals surface area contributed by atoms with Crippen LogP contribution in [0.5, 0.6) is 0 Å². The number of anilines is 1. The standard InChI is InChI=1S/C17H24BrN3O/c1-20-7-9-21(10-8-20)12-14-5-6-15(11-16(14)18)19-17(22)13-3-2-4-13/h5-6,11,13H,2-4,7-10,12H2,1H3,(H,19,22). The average Bonchev–Trinajstić information content (AvgIpc) is 2.42. The molecule has 1 amide bonds. The molecular weight excluding hydrogens is 342 g/mol. The Morgan fingerprint density at radius 2 is 2.00 bits per heavy atom. The number of carbonyl (C=O) groups is 1. The minimum atomic E-state index is 0.171. The van der Waals surface area contributed by atoms with Crippen LogP contribution in [0.25, 0.3) is 0 Å². The Morgan fingerprint density at radius 3 is 2.59 bits per heavy atom. The van der Waals surface area contributed by atoms with Gasteiger partial charge in [-0.3, -0.25) is 9.69 Å². The van der Waals surface area contributed by atoms with Crippen molar-refractivity contribution in [3.05, 3.63) is 28.2 Å². The molecule has 1 aromatic carbocycles. The van der Waals surface area contributed by atoms with Gasteiger partial charge in [0.05, 0.1) is 0 Å². The van der Waals surface area contributed by atoms with Crippen LogP contribution in [0.2, 0.25) is 0 Å². The SMILES string of the molecule is CN1CCN(Cc2ccc(NC(=O)C3CCC3)cc2Br)CC1. The largest absolute Gasteiger partial charge is 0.326 e. The van der Waals surface area contributed by atoms with E-state index in [2.05, 4.69) is 44.2 Å². The van der Waals surface area contributed by atoms with Crippen LogP contribution in [-0.2, 0) is 11.3 Å². The van der Waals surface area contributed by atoms with E-state index in [-0.39, 0.29) is 11.8 Å². The van der Waals surface area contributed by atoms with Gasteiger partial charge >= 0.3 is 0 Å². The molecule has 1 saturated carbocycles. The van der Waals surface area contributed by atoms with Crippen molar-refractivity contribution < 1.29 is 4.79 Å². The Bertz CT molecular complexity index is 537. The van der Waals surface area contributed by atoms with Crippen molar-refractivity contribution in [3.8, 4) is 0 Å². The maximum atomic E-state index is 12.0. The molecule has 0 bridgehead atoms. The smallest absolute Gasteiger partial charge is 0.227 e. The van der Waals surface area contributed by atoms with E-state index >= 15 is 0 Å². The lowest BCUT2D eigenvalue weighted by atomic mass is 9.85. The third kappa shape index (κ3) is 3.89. The Morgan fingerprint density at radius 1 is 1.27 bits per heavy atom. The Kier molecular flexibility index (Phi) is 5.16. The van der Waals surface area contributed by atoms with Gasteiger partial charge in [0.25, 0.3) is 0 Å². The van der Waals surface area contributed by atoms with Crippen LogP contribution in [0, 0.1) is 5.92 Å². The number of nitrogens with one attached hydrogen (secondary N) is 1. The predicted molar refractivity (Wildman–Crippen MR) is 92.9 cm³/mol. The predicted octanol–water partition coefficient (Wildman–Crippen LogP) is 2.94. The summed E-state index contributed by atoms with van der Waals surface area (Å²) in [5.74, 6) is 0.397. The van der Waals surface area contributed by atoms with E-state index in [4.69, 9.17) is 0 Å². The first-order chi connectivity index (χ1) is 10.6. The fourth-order valence-corrected chi connectivity index (χ4v) is 3.42. The fourth-order valence-electron chi connectivity index (χ4n) is 2.91. The highest BCUT2D eigenvalue weighted by atomic mass is 79.9. The molecule has 0 aromatic heterocycles. The van der Waals surface area contributed by atoms with E-state index < -0.39 is 0 Å². The lowest BCUT2D eigenvalue weighted by Gasteiger charge is -2.32. The fraction of sp³-hybridized carbons (Fsp3) is 0.588. The quantitative estimate of drug-likeness (QED) is 0.890. The minimum absolute atomic E-state index is 0.171. The van der Waals surface area contributed by atoms with Gasteiger partial charge in [0, 0.05) is 48.8 Å². The molecular formula is C17H24BrN3O. The first-order valence-corrected chi connectivity index (χ1v) is 8.91. The number of amides is 1. The zero-order valence-electron chi connectivity index (χ0n) is 13.1. The molecule has 2 fully saturated rings. The molecule has 5 heteroatoms. The van der Waals surface area contributed by atoms with E-state index in [1.807, 2.05) is 12.1 Å². The maximum absolute atomic E-state index is 12.0. The second kappa shape index (κ2) is 7.11. The number of halogens is 1. The number of piperazine rings is 1. The summed E-state index contributed by atoms with van der Waals surface area (Å²) in [6, 6.07) is 6.17. The topological polar surface area (TPSA) is 35.6 Å². The normalized spacial score (nSPS) is 20.6. The number of rotatable bonds is 4. The van der Waals surface area contributed by atoms with Crippen molar-refractivity contribution in [2.45, 2.75) is 25.8 Å². The van der Waals surface area contributed by atoms with Crippen LogP contribution >= 0.6 is 15.9 Å². The monoisotopic (exact) mass is 365 g/mol. The molecule has 2 aliphatic rings. The van der Waals surface area contributed by atoms with E-state index in [1.54, 1.807) is 0 Å². The third-order valence-corrected chi connectivity index (χ3v) is 5.52. The van der Waals surface area contributed by atoms with Crippen LogP contribution < -0.4 is 5.32 Å². The molecule has 1 aliphatic carbocycles. The molecule has 1 heterocycles. The van der Waals surface area contributed by atoms with Crippen molar-refractivity contribution in [2.75, 3.05) is 38.5 Å². The van der Waals surface area contributed by atoms with E-state index in [0.29, 0.717) is 0 Å². The van der Waals surface area contributed by atoms with E-state index in [1.165, 1.54) is 12.0 Å². The highest BCUT2D eigenvalue weighted by molar-refractivity contribution is 9.10. The van der Waals surface area contributed by atoms with Crippen molar-refractivity contribution in [1.82, 2.24) is 9.80 Å². The number of benzene rings is 1. The summed E-state index contributed by atoms with van der Waals surface area (Å²) >= 11 is 3.66. The minimum Gasteiger partial charge on any atom is -0.326 e. The number of carbonyl (C=O) groups excluding carboxylic acids is 1. The summed E-state index contributed by atoms with van der Waals surface area (Å²) in [6.07, 6.45) is 3.26. The highest BCUT2D eigenvalue weighted by Gasteiger charge is 2.25. The van der Waals surface area contributed by atoms with Crippen LogP contribution in [0.1, 0.15) is 24.8 Å². The summed E-state index contributed by atoms with van der Waals surface area (Å²) in [7, 11) is 2.17. The van der Waals surface area contributed by atoms with E-state index in [9.17, 15) is 4.79 Å². The van der Waals surface area contributed by atoms with Gasteiger partial charge in [-0.15, -0.1) is 0 Å². The second-order valence-corrected chi connectivity index (χ2v) is 7.36. The molecule has 0 spiro atoms. The second-order valence-electron chi connectivity index (χ2n) is 6.50. The summed E-state index contributed by atoms with van der Waals surface area (Å²) in [4.78, 5) is 16.8. The molecule has 1 N–H and O–H groups in total. The third-order valence-electron chi connectivity index (χ3n) is 4.79. The summed E-state index contributed by atoms with van der Waals surface area (Å²) in [5, 5.41) is 3.03. The van der Waals surface area contributed by atoms with Crippen molar-refractivity contribution in [2.24, 2.45) is 5.92 Å². The lowest BCUT2D eigenvalue weighted by molar-refractivity contribution is -0.122. The van der Waals surface area contributed by atoms with Gasteiger partial charge in [0.15, 0.2) is 0 Å². The van der Waals surface area contributed by atoms with Gasteiger partial charge in [-0.25, -0.2) is 0 Å². The summed E-state index contributed by atoms with van der Waals surface area (Å²) in [6.45, 7) is 5.46. The molecule has 0 atom stereocenters. The molecule has 3 rings (SSSR count). The lowest BCUT2D eigenvalue weighted by Crippen LogP contribution is -2.43. The Balaban J connectivity index is 1.58. The molecule has 1 aromatic rings. The molecule has 1 saturated heterocycles. The zero-order chi connectivity index (χ0) is 15.5. The Labute approximate surface area is 141 Å². The van der Waals surface area contributed by atoms with Gasteiger partial charge in [-0.1, -0.05) is 28.4 Å². The average molecular weight is 366 g/mol. The molecule has 1 aliphatic heterocycles. The van der Waals surface area contributed by atoms with Crippen LogP contribution in [-0.4, -0.2) is 48.9 Å². The van der Waals surface area contributed by atoms with Crippen molar-refractivity contribution in [3.63, 3.8) is 0 Å². The number of nitrogens with zero attached hydrogens (tertiary/aromatic N) is 2. The zero-order valence-corrected chi connectivity index (χ0v) is 14.7. The van der Waals surface area contributed by atoms with Crippen LogP contribution in [0.4, 0.5) is 5.69 Å². The van der Waals surface area contributed by atoms with Gasteiger partial charge in [0.2, 0.25) is 5.91 Å². The molecule has 0 radical (unpaired) electrons. The first kappa shape index (κ1) is 16.0.